The third kappa shape index (κ3) is 8.63. The quantitative estimate of drug-likeness (QED) is 0.331. The van der Waals surface area contributed by atoms with Crippen LogP contribution in [0.5, 0.6) is 0 Å². The molecule has 2 aromatic carbocycles. The normalized spacial score (nSPS) is 12.2. The van der Waals surface area contributed by atoms with E-state index in [1.165, 1.54) is 17.5 Å². The number of aromatic nitrogens is 2. The molecule has 11 heteroatoms. The number of rotatable bonds is 11. The van der Waals surface area contributed by atoms with Crippen molar-refractivity contribution in [2.24, 2.45) is 0 Å². The van der Waals surface area contributed by atoms with Gasteiger partial charge in [-0.25, -0.2) is 15.0 Å². The molecule has 3 aromatic rings. The molecule has 1 aliphatic rings. The van der Waals surface area contributed by atoms with Crippen LogP contribution in [0.4, 0.5) is 5.69 Å². The monoisotopic (exact) mass is 587 g/mol. The summed E-state index contributed by atoms with van der Waals surface area (Å²) in [5.74, 6) is -0.217. The average Bonchev–Trinajstić information content (AvgIpc) is 3.35. The van der Waals surface area contributed by atoms with Crippen LogP contribution in [0.2, 0.25) is 0 Å². The fourth-order valence-corrected chi connectivity index (χ4v) is 4.54. The van der Waals surface area contributed by atoms with E-state index >= 15 is 0 Å². The molecule has 0 aliphatic carbocycles. The second-order valence-corrected chi connectivity index (χ2v) is 9.92. The zero-order valence-electron chi connectivity index (χ0n) is 23.5. The number of anilines is 1. The standard InChI is InChI=1S/C29H37N7O2.2ClH/c1-21(2)31-13-14-32-28(37)18-35(27-15-23(10-9-22(27)3)26-11-12-30-20-33-26)19-29(38)34(4)36-16-24-7-5-6-8-25(24)17-36;;/h5-12,15,20-21,31H,13-14,16-19H2,1-4H3,(H,32,37);2*1H. The maximum Gasteiger partial charge on any atom is 0.256 e. The number of benzene rings is 2. The molecule has 1 aromatic heterocycles. The van der Waals surface area contributed by atoms with Crippen molar-refractivity contribution in [2.75, 3.05) is 38.1 Å². The van der Waals surface area contributed by atoms with Crippen LogP contribution in [-0.2, 0) is 22.7 Å². The van der Waals surface area contributed by atoms with Crippen LogP contribution in [0.3, 0.4) is 0 Å². The fraction of sp³-hybridized carbons (Fsp3) is 0.379. The van der Waals surface area contributed by atoms with Crippen molar-refractivity contribution in [2.45, 2.75) is 39.9 Å². The third-order valence-corrected chi connectivity index (χ3v) is 6.70. The molecule has 9 nitrogen and oxygen atoms in total. The smallest absolute Gasteiger partial charge is 0.256 e. The van der Waals surface area contributed by atoms with Crippen molar-refractivity contribution in [1.82, 2.24) is 30.6 Å². The summed E-state index contributed by atoms with van der Waals surface area (Å²) in [7, 11) is 1.80. The van der Waals surface area contributed by atoms with E-state index in [0.29, 0.717) is 32.2 Å². The number of amides is 2. The number of hydrazine groups is 1. The molecular weight excluding hydrogens is 549 g/mol. The lowest BCUT2D eigenvalue weighted by atomic mass is 10.1. The number of carbonyl (C=O) groups is 2. The molecular formula is C29H39Cl2N7O2. The summed E-state index contributed by atoms with van der Waals surface area (Å²) in [5.41, 5.74) is 5.93. The Hall–Kier alpha value is -3.24. The summed E-state index contributed by atoms with van der Waals surface area (Å²) in [5, 5.41) is 9.99. The zero-order chi connectivity index (χ0) is 27.1. The van der Waals surface area contributed by atoms with Gasteiger partial charge in [-0.3, -0.25) is 14.6 Å². The molecule has 216 valence electrons. The van der Waals surface area contributed by atoms with Gasteiger partial charge in [0.2, 0.25) is 5.91 Å². The highest BCUT2D eigenvalue weighted by Gasteiger charge is 2.27. The Kier molecular flexibility index (Phi) is 12.8. The Bertz CT molecular complexity index is 1240. The van der Waals surface area contributed by atoms with E-state index in [2.05, 4.69) is 46.6 Å². The molecule has 4 rings (SSSR count). The van der Waals surface area contributed by atoms with Gasteiger partial charge in [0, 0.05) is 56.7 Å². The number of carbonyl (C=O) groups excluding carboxylic acids is 2. The minimum Gasteiger partial charge on any atom is -0.353 e. The second kappa shape index (κ2) is 15.5. The van der Waals surface area contributed by atoms with Crippen LogP contribution in [0.25, 0.3) is 11.3 Å². The van der Waals surface area contributed by atoms with Gasteiger partial charge in [0.1, 0.15) is 6.33 Å². The topological polar surface area (TPSA) is 93.7 Å². The van der Waals surface area contributed by atoms with E-state index in [4.69, 9.17) is 0 Å². The Balaban J connectivity index is 0.00000280. The largest absolute Gasteiger partial charge is 0.353 e. The molecule has 2 heterocycles. The summed E-state index contributed by atoms with van der Waals surface area (Å²) in [6.07, 6.45) is 3.21. The van der Waals surface area contributed by atoms with Crippen LogP contribution < -0.4 is 15.5 Å². The maximum absolute atomic E-state index is 13.5. The van der Waals surface area contributed by atoms with Crippen molar-refractivity contribution in [3.05, 3.63) is 77.7 Å². The summed E-state index contributed by atoms with van der Waals surface area (Å²) in [6, 6.07) is 16.4. The van der Waals surface area contributed by atoms with Gasteiger partial charge in [-0.15, -0.1) is 24.8 Å². The molecule has 0 saturated heterocycles. The number of nitrogens with zero attached hydrogens (tertiary/aromatic N) is 5. The van der Waals surface area contributed by atoms with Crippen LogP contribution in [-0.4, -0.2) is 71.1 Å². The summed E-state index contributed by atoms with van der Waals surface area (Å²) < 4.78 is 0. The SMILES string of the molecule is Cc1ccc(-c2ccncn2)cc1N(CC(=O)NCCNC(C)C)CC(=O)N(C)N1Cc2ccccc2C1.Cl.Cl. The van der Waals surface area contributed by atoms with E-state index in [9.17, 15) is 9.59 Å². The van der Waals surface area contributed by atoms with Gasteiger partial charge >= 0.3 is 0 Å². The summed E-state index contributed by atoms with van der Waals surface area (Å²) >= 11 is 0. The zero-order valence-corrected chi connectivity index (χ0v) is 25.1. The molecule has 0 unspecified atom stereocenters. The highest BCUT2D eigenvalue weighted by Crippen LogP contribution is 2.28. The van der Waals surface area contributed by atoms with Crippen molar-refractivity contribution >= 4 is 42.3 Å². The van der Waals surface area contributed by atoms with E-state index < -0.39 is 0 Å². The van der Waals surface area contributed by atoms with Crippen LogP contribution in [0.1, 0.15) is 30.5 Å². The highest BCUT2D eigenvalue weighted by molar-refractivity contribution is 5.87. The van der Waals surface area contributed by atoms with Gasteiger partial charge in [-0.1, -0.05) is 50.2 Å². The molecule has 40 heavy (non-hydrogen) atoms. The maximum atomic E-state index is 13.5. The number of halogens is 2. The van der Waals surface area contributed by atoms with Gasteiger partial charge in [-0.2, -0.15) is 0 Å². The molecule has 0 bridgehead atoms. The lowest BCUT2D eigenvalue weighted by Gasteiger charge is -2.32. The highest BCUT2D eigenvalue weighted by atomic mass is 35.5. The van der Waals surface area contributed by atoms with Crippen LogP contribution >= 0.6 is 24.8 Å². The Morgan fingerprint density at radius 1 is 1.00 bits per heavy atom. The third-order valence-electron chi connectivity index (χ3n) is 6.70. The van der Waals surface area contributed by atoms with Crippen molar-refractivity contribution < 1.29 is 9.59 Å². The molecule has 0 radical (unpaired) electrons. The van der Waals surface area contributed by atoms with Crippen molar-refractivity contribution in [3.63, 3.8) is 0 Å². The van der Waals surface area contributed by atoms with E-state index in [1.807, 2.05) is 53.2 Å². The Labute approximate surface area is 249 Å². The predicted octanol–water partition coefficient (Wildman–Crippen LogP) is 3.61. The number of fused-ring (bicyclic) bond motifs is 1. The van der Waals surface area contributed by atoms with Gasteiger partial charge in [0.25, 0.3) is 5.91 Å². The van der Waals surface area contributed by atoms with E-state index in [0.717, 1.165) is 22.5 Å². The van der Waals surface area contributed by atoms with E-state index in [1.54, 1.807) is 18.3 Å². The number of likely N-dealkylation sites (N-methyl/N-ethyl adjacent to an activating group) is 1. The number of aryl methyl sites for hydroxylation is 1. The molecule has 0 spiro atoms. The molecule has 0 saturated carbocycles. The first kappa shape index (κ1) is 33.0. The van der Waals surface area contributed by atoms with Crippen LogP contribution in [0, 0.1) is 6.92 Å². The molecule has 0 atom stereocenters. The second-order valence-electron chi connectivity index (χ2n) is 9.92. The Morgan fingerprint density at radius 3 is 2.33 bits per heavy atom. The summed E-state index contributed by atoms with van der Waals surface area (Å²) in [4.78, 5) is 36.7. The first-order chi connectivity index (χ1) is 18.3. The van der Waals surface area contributed by atoms with E-state index in [-0.39, 0.29) is 49.7 Å². The van der Waals surface area contributed by atoms with Crippen LogP contribution in [0.15, 0.2) is 61.1 Å². The Morgan fingerprint density at radius 2 is 1.70 bits per heavy atom. The van der Waals surface area contributed by atoms with Gasteiger partial charge in [0.15, 0.2) is 0 Å². The minimum atomic E-state index is -0.133. The fourth-order valence-electron chi connectivity index (χ4n) is 4.54. The average molecular weight is 589 g/mol. The first-order valence-electron chi connectivity index (χ1n) is 13.0. The lowest BCUT2D eigenvalue weighted by Crippen LogP contribution is -2.48. The van der Waals surface area contributed by atoms with Gasteiger partial charge in [-0.05, 0) is 35.7 Å². The number of hydrogen-bond acceptors (Lipinski definition) is 7. The number of nitrogens with one attached hydrogen (secondary N) is 2. The molecule has 1 aliphatic heterocycles. The van der Waals surface area contributed by atoms with Crippen molar-refractivity contribution in [3.8, 4) is 11.3 Å². The van der Waals surface area contributed by atoms with Crippen molar-refractivity contribution in [1.29, 1.82) is 0 Å². The molecule has 0 fully saturated rings. The van der Waals surface area contributed by atoms with Gasteiger partial charge < -0.3 is 15.5 Å². The number of hydrogen-bond donors (Lipinski definition) is 2. The van der Waals surface area contributed by atoms with Gasteiger partial charge in [0.05, 0.1) is 18.8 Å². The molecule has 2 N–H and O–H groups in total. The minimum absolute atomic E-state index is 0. The first-order valence-corrected chi connectivity index (χ1v) is 13.0. The summed E-state index contributed by atoms with van der Waals surface area (Å²) in [6.45, 7) is 8.82. The molecule has 2 amide bonds. The lowest BCUT2D eigenvalue weighted by molar-refractivity contribution is -0.145. The predicted molar refractivity (Wildman–Crippen MR) is 164 cm³/mol.